The molecule has 0 bridgehead atoms. The number of phenolic OH excluding ortho intramolecular Hbond substituents is 1. The number of rotatable bonds is 3. The van der Waals surface area contributed by atoms with Crippen LogP contribution in [-0.2, 0) is 0 Å². The zero-order chi connectivity index (χ0) is 13.9. The van der Waals surface area contributed by atoms with E-state index >= 15 is 0 Å². The fourth-order valence-electron chi connectivity index (χ4n) is 3.08. The van der Waals surface area contributed by atoms with Crippen molar-refractivity contribution in [2.24, 2.45) is 0 Å². The van der Waals surface area contributed by atoms with Gasteiger partial charge in [0.1, 0.15) is 5.75 Å². The molecule has 2 aromatic carbocycles. The molecule has 1 unspecified atom stereocenters. The van der Waals surface area contributed by atoms with Gasteiger partial charge in [0.2, 0.25) is 0 Å². The first-order valence-electron chi connectivity index (χ1n) is 7.40. The van der Waals surface area contributed by atoms with Crippen molar-refractivity contribution >= 4 is 16.5 Å². The molecule has 0 saturated carbocycles. The normalized spacial score (nSPS) is 20.1. The Bertz CT molecular complexity index is 597. The Morgan fingerprint density at radius 1 is 1.15 bits per heavy atom. The first kappa shape index (κ1) is 13.3. The lowest BCUT2D eigenvalue weighted by Gasteiger charge is -2.32. The molecule has 2 aromatic rings. The average Bonchev–Trinajstić information content (AvgIpc) is 2.47. The molecule has 0 amide bonds. The van der Waals surface area contributed by atoms with Gasteiger partial charge in [-0.1, -0.05) is 30.7 Å². The first-order chi connectivity index (χ1) is 9.75. The summed E-state index contributed by atoms with van der Waals surface area (Å²) < 4.78 is 0. The Labute approximate surface area is 120 Å². The average molecular weight is 270 g/mol. The van der Waals surface area contributed by atoms with Gasteiger partial charge in [0.15, 0.2) is 0 Å². The number of fused-ring (bicyclic) bond motifs is 1. The number of likely N-dealkylation sites (tertiary alicyclic amines) is 1. The molecule has 1 atom stereocenters. The lowest BCUT2D eigenvalue weighted by Crippen LogP contribution is -2.40. The van der Waals surface area contributed by atoms with Crippen LogP contribution < -0.4 is 5.32 Å². The Morgan fingerprint density at radius 2 is 1.95 bits per heavy atom. The van der Waals surface area contributed by atoms with Crippen molar-refractivity contribution in [1.82, 2.24) is 4.90 Å². The predicted molar refractivity (Wildman–Crippen MR) is 84.4 cm³/mol. The monoisotopic (exact) mass is 270 g/mol. The van der Waals surface area contributed by atoms with E-state index in [1.807, 2.05) is 18.2 Å². The molecule has 20 heavy (non-hydrogen) atoms. The molecule has 1 aliphatic rings. The number of phenols is 1. The second-order valence-electron chi connectivity index (χ2n) is 5.69. The fourth-order valence-corrected chi connectivity index (χ4v) is 3.08. The third-order valence-corrected chi connectivity index (χ3v) is 4.35. The van der Waals surface area contributed by atoms with E-state index in [9.17, 15) is 5.11 Å². The van der Waals surface area contributed by atoms with Crippen LogP contribution in [-0.4, -0.2) is 36.2 Å². The number of benzene rings is 2. The van der Waals surface area contributed by atoms with Crippen molar-refractivity contribution in [2.45, 2.75) is 25.3 Å². The Balaban J connectivity index is 1.79. The molecule has 1 fully saturated rings. The van der Waals surface area contributed by atoms with Gasteiger partial charge in [-0.25, -0.2) is 0 Å². The van der Waals surface area contributed by atoms with Crippen molar-refractivity contribution < 1.29 is 5.11 Å². The number of nitrogens with one attached hydrogen (secondary N) is 1. The smallest absolute Gasteiger partial charge is 0.123 e. The summed E-state index contributed by atoms with van der Waals surface area (Å²) in [4.78, 5) is 2.44. The molecule has 2 N–H and O–H groups in total. The zero-order valence-corrected chi connectivity index (χ0v) is 12.0. The predicted octanol–water partition coefficient (Wildman–Crippen LogP) is 3.44. The molecule has 3 heteroatoms. The lowest BCUT2D eigenvalue weighted by atomic mass is 10.0. The van der Waals surface area contributed by atoms with E-state index in [-0.39, 0.29) is 0 Å². The number of piperidine rings is 1. The Kier molecular flexibility index (Phi) is 3.79. The summed E-state index contributed by atoms with van der Waals surface area (Å²) in [6.45, 7) is 2.16. The van der Waals surface area contributed by atoms with Gasteiger partial charge in [0.25, 0.3) is 0 Å². The fraction of sp³-hybridized carbons (Fsp3) is 0.412. The maximum absolute atomic E-state index is 9.92. The van der Waals surface area contributed by atoms with Crippen molar-refractivity contribution in [3.63, 3.8) is 0 Å². The van der Waals surface area contributed by atoms with Gasteiger partial charge in [-0.3, -0.25) is 0 Å². The van der Waals surface area contributed by atoms with Crippen LogP contribution in [0.3, 0.4) is 0 Å². The van der Waals surface area contributed by atoms with Crippen LogP contribution in [0.2, 0.25) is 0 Å². The Hall–Kier alpha value is -1.74. The molecule has 3 nitrogen and oxygen atoms in total. The molecule has 0 radical (unpaired) electrons. The standard InChI is InChI=1S/C17H22N2O/c1-19-11-3-2-6-13(19)12-18-16-9-4-8-15-14(16)7-5-10-17(15)20/h4-5,7-10,13,18,20H,2-3,6,11-12H2,1H3. The summed E-state index contributed by atoms with van der Waals surface area (Å²) in [5.41, 5.74) is 1.11. The van der Waals surface area contributed by atoms with E-state index in [2.05, 4.69) is 29.4 Å². The van der Waals surface area contributed by atoms with E-state index < -0.39 is 0 Å². The van der Waals surface area contributed by atoms with Crippen LogP contribution in [0, 0.1) is 0 Å². The van der Waals surface area contributed by atoms with E-state index in [4.69, 9.17) is 0 Å². The molecule has 1 aliphatic heterocycles. The lowest BCUT2D eigenvalue weighted by molar-refractivity contribution is 0.195. The largest absolute Gasteiger partial charge is 0.507 e. The number of hydrogen-bond acceptors (Lipinski definition) is 3. The van der Waals surface area contributed by atoms with Crippen molar-refractivity contribution in [2.75, 3.05) is 25.5 Å². The van der Waals surface area contributed by atoms with Crippen LogP contribution in [0.4, 0.5) is 5.69 Å². The topological polar surface area (TPSA) is 35.5 Å². The second kappa shape index (κ2) is 5.71. The summed E-state index contributed by atoms with van der Waals surface area (Å²) in [5.74, 6) is 0.348. The van der Waals surface area contributed by atoms with Gasteiger partial charge < -0.3 is 15.3 Å². The molecule has 3 rings (SSSR count). The third-order valence-electron chi connectivity index (χ3n) is 4.35. The van der Waals surface area contributed by atoms with E-state index in [0.717, 1.165) is 23.0 Å². The van der Waals surface area contributed by atoms with E-state index in [1.165, 1.54) is 25.8 Å². The number of likely N-dealkylation sites (N-methyl/N-ethyl adjacent to an activating group) is 1. The summed E-state index contributed by atoms with van der Waals surface area (Å²) in [7, 11) is 2.21. The van der Waals surface area contributed by atoms with Gasteiger partial charge in [0, 0.05) is 29.0 Å². The summed E-state index contributed by atoms with van der Waals surface area (Å²) in [6.07, 6.45) is 3.90. The van der Waals surface area contributed by atoms with Crippen LogP contribution in [0.1, 0.15) is 19.3 Å². The third kappa shape index (κ3) is 2.59. The van der Waals surface area contributed by atoms with Crippen LogP contribution >= 0.6 is 0 Å². The maximum atomic E-state index is 9.92. The highest BCUT2D eigenvalue weighted by Gasteiger charge is 2.18. The van der Waals surface area contributed by atoms with Gasteiger partial charge in [0.05, 0.1) is 0 Å². The molecule has 0 spiro atoms. The number of nitrogens with zero attached hydrogens (tertiary/aromatic N) is 1. The van der Waals surface area contributed by atoms with Crippen molar-refractivity contribution in [3.05, 3.63) is 36.4 Å². The first-order valence-corrected chi connectivity index (χ1v) is 7.40. The van der Waals surface area contributed by atoms with Crippen LogP contribution in [0.5, 0.6) is 5.75 Å². The highest BCUT2D eigenvalue weighted by molar-refractivity contribution is 5.97. The molecular formula is C17H22N2O. The summed E-state index contributed by atoms with van der Waals surface area (Å²) in [5, 5.41) is 15.5. The quantitative estimate of drug-likeness (QED) is 0.897. The highest BCUT2D eigenvalue weighted by Crippen LogP contribution is 2.30. The molecule has 106 valence electrons. The van der Waals surface area contributed by atoms with E-state index in [1.54, 1.807) is 6.07 Å². The van der Waals surface area contributed by atoms with Gasteiger partial charge in [-0.2, -0.15) is 0 Å². The maximum Gasteiger partial charge on any atom is 0.123 e. The van der Waals surface area contributed by atoms with Crippen LogP contribution in [0.15, 0.2) is 36.4 Å². The minimum absolute atomic E-state index is 0.348. The van der Waals surface area contributed by atoms with Gasteiger partial charge in [-0.05, 0) is 38.6 Å². The SMILES string of the molecule is CN1CCCCC1CNc1cccc2c(O)cccc12. The van der Waals surface area contributed by atoms with Crippen molar-refractivity contribution in [3.8, 4) is 5.75 Å². The molecule has 1 heterocycles. The van der Waals surface area contributed by atoms with Crippen LogP contribution in [0.25, 0.3) is 10.8 Å². The summed E-state index contributed by atoms with van der Waals surface area (Å²) in [6, 6.07) is 12.3. The minimum Gasteiger partial charge on any atom is -0.507 e. The molecule has 0 aromatic heterocycles. The molecule has 1 saturated heterocycles. The minimum atomic E-state index is 0.348. The molecule has 0 aliphatic carbocycles. The number of hydrogen-bond donors (Lipinski definition) is 2. The highest BCUT2D eigenvalue weighted by atomic mass is 16.3. The van der Waals surface area contributed by atoms with E-state index in [0.29, 0.717) is 11.8 Å². The van der Waals surface area contributed by atoms with Gasteiger partial charge >= 0.3 is 0 Å². The second-order valence-corrected chi connectivity index (χ2v) is 5.69. The molecular weight excluding hydrogens is 248 g/mol. The number of anilines is 1. The Morgan fingerprint density at radius 3 is 2.80 bits per heavy atom. The van der Waals surface area contributed by atoms with Gasteiger partial charge in [-0.15, -0.1) is 0 Å². The number of aromatic hydroxyl groups is 1. The van der Waals surface area contributed by atoms with Crippen molar-refractivity contribution in [1.29, 1.82) is 0 Å². The summed E-state index contributed by atoms with van der Waals surface area (Å²) >= 11 is 0. The zero-order valence-electron chi connectivity index (χ0n) is 12.0.